The number of ketones is 1. The van der Waals surface area contributed by atoms with Gasteiger partial charge in [0.2, 0.25) is 0 Å². The van der Waals surface area contributed by atoms with Crippen molar-refractivity contribution in [2.45, 2.75) is 20.8 Å². The van der Waals surface area contributed by atoms with Gasteiger partial charge in [0.25, 0.3) is 0 Å². The molecule has 0 radical (unpaired) electrons. The SMILES string of the molecule is Cc1cc(C)c(OCC(=O)CCl)c(C)c1. The summed E-state index contributed by atoms with van der Waals surface area (Å²) in [5, 5.41) is 0. The zero-order chi connectivity index (χ0) is 11.4. The van der Waals surface area contributed by atoms with Crippen molar-refractivity contribution in [3.05, 3.63) is 28.8 Å². The Kier molecular flexibility index (Phi) is 4.15. The lowest BCUT2D eigenvalue weighted by molar-refractivity contribution is -0.118. The third-order valence-corrected chi connectivity index (χ3v) is 2.43. The van der Waals surface area contributed by atoms with Crippen LogP contribution in [0.15, 0.2) is 12.1 Å². The van der Waals surface area contributed by atoms with E-state index >= 15 is 0 Å². The predicted molar refractivity (Wildman–Crippen MR) is 61.9 cm³/mol. The van der Waals surface area contributed by atoms with E-state index in [2.05, 4.69) is 0 Å². The van der Waals surface area contributed by atoms with Crippen LogP contribution in [0.5, 0.6) is 5.75 Å². The van der Waals surface area contributed by atoms with Gasteiger partial charge in [-0.15, -0.1) is 11.6 Å². The lowest BCUT2D eigenvalue weighted by Crippen LogP contribution is -2.13. The summed E-state index contributed by atoms with van der Waals surface area (Å²) in [7, 11) is 0. The molecular formula is C12H15ClO2. The number of benzene rings is 1. The molecule has 0 aliphatic heterocycles. The lowest BCUT2D eigenvalue weighted by Gasteiger charge is -2.11. The summed E-state index contributed by atoms with van der Waals surface area (Å²) in [6, 6.07) is 4.07. The predicted octanol–water partition coefficient (Wildman–Crippen LogP) is 2.80. The number of ether oxygens (including phenoxy) is 1. The van der Waals surface area contributed by atoms with Gasteiger partial charge in [-0.1, -0.05) is 17.7 Å². The average molecular weight is 227 g/mol. The number of rotatable bonds is 4. The lowest BCUT2D eigenvalue weighted by atomic mass is 10.1. The molecule has 0 fully saturated rings. The van der Waals surface area contributed by atoms with Gasteiger partial charge in [0.1, 0.15) is 12.4 Å². The van der Waals surface area contributed by atoms with Gasteiger partial charge in [-0.3, -0.25) is 4.79 Å². The first-order chi connectivity index (χ1) is 7.04. The van der Waals surface area contributed by atoms with E-state index in [0.29, 0.717) is 0 Å². The average Bonchev–Trinajstić information content (AvgIpc) is 2.15. The molecule has 3 heteroatoms. The molecule has 0 unspecified atom stereocenters. The summed E-state index contributed by atoms with van der Waals surface area (Å²) in [5.74, 6) is 0.694. The van der Waals surface area contributed by atoms with Gasteiger partial charge in [0.15, 0.2) is 5.78 Å². The van der Waals surface area contributed by atoms with Gasteiger partial charge in [0.05, 0.1) is 5.88 Å². The highest BCUT2D eigenvalue weighted by Gasteiger charge is 2.07. The molecule has 0 aliphatic carbocycles. The van der Waals surface area contributed by atoms with Crippen LogP contribution in [0.4, 0.5) is 0 Å². The van der Waals surface area contributed by atoms with Crippen molar-refractivity contribution >= 4 is 17.4 Å². The third-order valence-electron chi connectivity index (χ3n) is 2.13. The summed E-state index contributed by atoms with van der Waals surface area (Å²) >= 11 is 5.39. The Hall–Kier alpha value is -1.02. The van der Waals surface area contributed by atoms with Gasteiger partial charge < -0.3 is 4.74 Å². The highest BCUT2D eigenvalue weighted by molar-refractivity contribution is 6.27. The Morgan fingerprint density at radius 3 is 2.27 bits per heavy atom. The molecule has 15 heavy (non-hydrogen) atoms. The maximum Gasteiger partial charge on any atom is 0.184 e. The van der Waals surface area contributed by atoms with E-state index in [1.165, 1.54) is 5.56 Å². The van der Waals surface area contributed by atoms with Crippen LogP contribution in [0.3, 0.4) is 0 Å². The van der Waals surface area contributed by atoms with Crippen LogP contribution in [0.25, 0.3) is 0 Å². The van der Waals surface area contributed by atoms with Crippen molar-refractivity contribution in [2.24, 2.45) is 0 Å². The van der Waals surface area contributed by atoms with Crippen molar-refractivity contribution in [1.82, 2.24) is 0 Å². The largest absolute Gasteiger partial charge is 0.485 e. The number of Topliss-reactive ketones (excluding diaryl/α,β-unsaturated/α-hetero) is 1. The molecule has 0 spiro atoms. The van der Waals surface area contributed by atoms with Gasteiger partial charge in [-0.05, 0) is 31.9 Å². The number of carbonyl (C=O) groups excluding carboxylic acids is 1. The van der Waals surface area contributed by atoms with Gasteiger partial charge in [0, 0.05) is 0 Å². The first-order valence-corrected chi connectivity index (χ1v) is 5.36. The van der Waals surface area contributed by atoms with Crippen molar-refractivity contribution in [3.63, 3.8) is 0 Å². The first-order valence-electron chi connectivity index (χ1n) is 4.83. The fourth-order valence-electron chi connectivity index (χ4n) is 1.59. The second kappa shape index (κ2) is 5.17. The molecule has 0 atom stereocenters. The smallest absolute Gasteiger partial charge is 0.184 e. The highest BCUT2D eigenvalue weighted by Crippen LogP contribution is 2.24. The number of hydrogen-bond donors (Lipinski definition) is 0. The van der Waals surface area contributed by atoms with Crippen LogP contribution in [0, 0.1) is 20.8 Å². The fourth-order valence-corrected chi connectivity index (χ4v) is 1.66. The van der Waals surface area contributed by atoms with Gasteiger partial charge in [-0.25, -0.2) is 0 Å². The molecule has 0 bridgehead atoms. The molecule has 0 aliphatic rings. The van der Waals surface area contributed by atoms with Crippen LogP contribution in [-0.2, 0) is 4.79 Å². The Labute approximate surface area is 95.2 Å². The van der Waals surface area contributed by atoms with E-state index in [0.717, 1.165) is 16.9 Å². The van der Waals surface area contributed by atoms with E-state index < -0.39 is 0 Å². The molecule has 0 amide bonds. The molecule has 0 saturated carbocycles. The Morgan fingerprint density at radius 2 is 1.80 bits per heavy atom. The molecule has 0 saturated heterocycles. The number of aryl methyl sites for hydroxylation is 3. The van der Waals surface area contributed by atoms with Crippen LogP contribution >= 0.6 is 11.6 Å². The zero-order valence-electron chi connectivity index (χ0n) is 9.26. The maximum absolute atomic E-state index is 11.0. The van der Waals surface area contributed by atoms with Crippen LogP contribution in [0.1, 0.15) is 16.7 Å². The number of alkyl halides is 1. The highest BCUT2D eigenvalue weighted by atomic mass is 35.5. The molecule has 0 aromatic heterocycles. The summed E-state index contributed by atoms with van der Waals surface area (Å²) in [4.78, 5) is 11.0. The third kappa shape index (κ3) is 3.24. The molecule has 2 nitrogen and oxygen atoms in total. The first kappa shape index (κ1) is 12.1. The molecule has 82 valence electrons. The Balaban J connectivity index is 2.81. The summed E-state index contributed by atoms with van der Waals surface area (Å²) < 4.78 is 5.44. The molecule has 1 rings (SSSR count). The molecule has 1 aromatic rings. The molecule has 1 aromatic carbocycles. The molecule has 0 heterocycles. The van der Waals surface area contributed by atoms with Crippen molar-refractivity contribution in [3.8, 4) is 5.75 Å². The number of carbonyl (C=O) groups is 1. The maximum atomic E-state index is 11.0. The number of halogens is 1. The normalized spacial score (nSPS) is 10.1. The van der Waals surface area contributed by atoms with Crippen LogP contribution < -0.4 is 4.74 Å². The Morgan fingerprint density at radius 1 is 1.27 bits per heavy atom. The summed E-state index contributed by atoms with van der Waals surface area (Å²) in [5.41, 5.74) is 3.30. The minimum Gasteiger partial charge on any atom is -0.485 e. The standard InChI is InChI=1S/C12H15ClO2/c1-8-4-9(2)12(10(3)5-8)15-7-11(14)6-13/h4-5H,6-7H2,1-3H3. The second-order valence-corrected chi connectivity index (χ2v) is 3.96. The van der Waals surface area contributed by atoms with E-state index in [-0.39, 0.29) is 18.3 Å². The minimum absolute atomic E-state index is 0.00393. The second-order valence-electron chi connectivity index (χ2n) is 3.69. The topological polar surface area (TPSA) is 26.3 Å². The van der Waals surface area contributed by atoms with Crippen LogP contribution in [-0.4, -0.2) is 18.3 Å². The van der Waals surface area contributed by atoms with Crippen LogP contribution in [0.2, 0.25) is 0 Å². The molecule has 0 N–H and O–H groups in total. The van der Waals surface area contributed by atoms with Crippen molar-refractivity contribution in [1.29, 1.82) is 0 Å². The monoisotopic (exact) mass is 226 g/mol. The molecular weight excluding hydrogens is 212 g/mol. The van der Waals surface area contributed by atoms with E-state index in [9.17, 15) is 4.79 Å². The van der Waals surface area contributed by atoms with E-state index in [1.807, 2.05) is 32.9 Å². The quantitative estimate of drug-likeness (QED) is 0.738. The van der Waals surface area contributed by atoms with Gasteiger partial charge >= 0.3 is 0 Å². The fraction of sp³-hybridized carbons (Fsp3) is 0.417. The summed E-state index contributed by atoms with van der Waals surface area (Å²) in [6.07, 6.45) is 0. The van der Waals surface area contributed by atoms with Crippen molar-refractivity contribution < 1.29 is 9.53 Å². The Bertz CT molecular complexity index is 349. The van der Waals surface area contributed by atoms with Gasteiger partial charge in [-0.2, -0.15) is 0 Å². The van der Waals surface area contributed by atoms with Crippen molar-refractivity contribution in [2.75, 3.05) is 12.5 Å². The number of hydrogen-bond acceptors (Lipinski definition) is 2. The van der Waals surface area contributed by atoms with E-state index in [4.69, 9.17) is 16.3 Å². The summed E-state index contributed by atoms with van der Waals surface area (Å²) in [6.45, 7) is 6.03. The minimum atomic E-state index is -0.101. The van der Waals surface area contributed by atoms with E-state index in [1.54, 1.807) is 0 Å². The zero-order valence-corrected chi connectivity index (χ0v) is 10.0.